The number of aromatic nitrogens is 3. The Balaban J connectivity index is 1.41. The van der Waals surface area contributed by atoms with Gasteiger partial charge in [-0.05, 0) is 36.8 Å². The van der Waals surface area contributed by atoms with Gasteiger partial charge in [0.1, 0.15) is 5.82 Å². The van der Waals surface area contributed by atoms with E-state index in [1.807, 2.05) is 36.4 Å². The third-order valence-electron chi connectivity index (χ3n) is 5.45. The van der Waals surface area contributed by atoms with Gasteiger partial charge in [-0.2, -0.15) is 0 Å². The molecule has 8 nitrogen and oxygen atoms in total. The highest BCUT2D eigenvalue weighted by Crippen LogP contribution is 2.34. The van der Waals surface area contributed by atoms with Crippen molar-refractivity contribution in [2.75, 3.05) is 43.5 Å². The van der Waals surface area contributed by atoms with Gasteiger partial charge in [-0.15, -0.1) is 11.3 Å². The van der Waals surface area contributed by atoms with E-state index < -0.39 is 0 Å². The number of nitrogen functional groups attached to an aromatic ring is 1. The van der Waals surface area contributed by atoms with E-state index in [2.05, 4.69) is 21.3 Å². The summed E-state index contributed by atoms with van der Waals surface area (Å²) in [6.07, 6.45) is 2.42. The fourth-order valence-electron chi connectivity index (χ4n) is 3.73. The fraction of sp³-hybridized carbons (Fsp3) is 0.250. The molecule has 0 saturated carbocycles. The van der Waals surface area contributed by atoms with Gasteiger partial charge in [0.15, 0.2) is 11.6 Å². The zero-order chi connectivity index (χ0) is 22.6. The Morgan fingerprint density at radius 3 is 2.70 bits per heavy atom. The van der Waals surface area contributed by atoms with Crippen molar-refractivity contribution in [2.24, 2.45) is 0 Å². The van der Waals surface area contributed by atoms with Crippen LogP contribution in [0.25, 0.3) is 21.6 Å². The molecule has 1 aliphatic rings. The van der Waals surface area contributed by atoms with Crippen LogP contribution in [0.15, 0.2) is 54.7 Å². The summed E-state index contributed by atoms with van der Waals surface area (Å²) in [5.74, 6) is 1.94. The highest BCUT2D eigenvalue weighted by atomic mass is 32.1. The van der Waals surface area contributed by atoms with E-state index in [1.165, 1.54) is 0 Å². The fourth-order valence-corrected chi connectivity index (χ4v) is 4.85. The summed E-state index contributed by atoms with van der Waals surface area (Å²) in [6.45, 7) is 3.47. The van der Waals surface area contributed by atoms with Gasteiger partial charge in [0, 0.05) is 41.8 Å². The molecular formula is C24H24N6O2S. The van der Waals surface area contributed by atoms with Crippen molar-refractivity contribution in [2.45, 2.75) is 6.42 Å². The number of nitrogens with zero attached hydrogens (tertiary/aromatic N) is 4. The number of hydrogen-bond donors (Lipinski definition) is 2. The minimum absolute atomic E-state index is 0.0661. The van der Waals surface area contributed by atoms with Crippen molar-refractivity contribution in [3.05, 3.63) is 65.2 Å². The smallest absolute Gasteiger partial charge is 0.251 e. The van der Waals surface area contributed by atoms with Crippen molar-refractivity contribution in [3.8, 4) is 11.4 Å². The maximum Gasteiger partial charge on any atom is 0.251 e. The quantitative estimate of drug-likeness (QED) is 0.455. The number of ether oxygens (including phenoxy) is 1. The Morgan fingerprint density at radius 2 is 1.94 bits per heavy atom. The van der Waals surface area contributed by atoms with Gasteiger partial charge < -0.3 is 20.7 Å². The third-order valence-corrected chi connectivity index (χ3v) is 6.63. The minimum Gasteiger partial charge on any atom is -0.384 e. The molecule has 1 amide bonds. The molecule has 1 aliphatic heterocycles. The van der Waals surface area contributed by atoms with E-state index in [1.54, 1.807) is 23.6 Å². The number of morpholine rings is 1. The average molecular weight is 461 g/mol. The number of pyridine rings is 1. The van der Waals surface area contributed by atoms with Gasteiger partial charge in [-0.3, -0.25) is 4.79 Å². The number of benzene rings is 1. The molecule has 4 aromatic rings. The molecule has 0 radical (unpaired) electrons. The SMILES string of the molecule is Nc1ccc(-c2nc(N3CCOCC3)c3sc(CCNC(=O)c4ccccc4)cc3n2)cn1. The highest BCUT2D eigenvalue weighted by Gasteiger charge is 2.20. The standard InChI is InChI=1S/C24H24N6O2S/c25-20-7-6-17(15-27-20)22-28-19-14-18(8-9-26-24(31)16-4-2-1-3-5-16)33-21(19)23(29-22)30-10-12-32-13-11-30/h1-7,14-15H,8-13H2,(H2,25,27)(H,26,31). The summed E-state index contributed by atoms with van der Waals surface area (Å²) in [5.41, 5.74) is 8.13. The van der Waals surface area contributed by atoms with Crippen LogP contribution in [0.1, 0.15) is 15.2 Å². The summed E-state index contributed by atoms with van der Waals surface area (Å²) in [6, 6.07) is 15.0. The van der Waals surface area contributed by atoms with E-state index in [0.29, 0.717) is 37.0 Å². The molecule has 3 N–H and O–H groups in total. The molecule has 33 heavy (non-hydrogen) atoms. The van der Waals surface area contributed by atoms with Crippen LogP contribution in [-0.2, 0) is 11.2 Å². The lowest BCUT2D eigenvalue weighted by atomic mass is 10.2. The summed E-state index contributed by atoms with van der Waals surface area (Å²) in [7, 11) is 0. The molecule has 1 saturated heterocycles. The van der Waals surface area contributed by atoms with E-state index in [0.717, 1.165) is 46.0 Å². The van der Waals surface area contributed by atoms with E-state index >= 15 is 0 Å². The molecule has 0 unspecified atom stereocenters. The maximum atomic E-state index is 12.3. The summed E-state index contributed by atoms with van der Waals surface area (Å²) in [4.78, 5) is 29.6. The van der Waals surface area contributed by atoms with Crippen LogP contribution in [0.3, 0.4) is 0 Å². The van der Waals surface area contributed by atoms with Gasteiger partial charge in [-0.25, -0.2) is 15.0 Å². The molecule has 0 bridgehead atoms. The first-order valence-corrected chi connectivity index (χ1v) is 11.7. The number of thiophene rings is 1. The van der Waals surface area contributed by atoms with Crippen LogP contribution in [0.4, 0.5) is 11.6 Å². The van der Waals surface area contributed by atoms with Crippen molar-refractivity contribution in [1.29, 1.82) is 0 Å². The number of carbonyl (C=O) groups excluding carboxylic acids is 1. The van der Waals surface area contributed by atoms with Crippen molar-refractivity contribution in [1.82, 2.24) is 20.3 Å². The zero-order valence-corrected chi connectivity index (χ0v) is 18.8. The third kappa shape index (κ3) is 4.79. The van der Waals surface area contributed by atoms with Crippen molar-refractivity contribution < 1.29 is 9.53 Å². The lowest BCUT2D eigenvalue weighted by molar-refractivity contribution is 0.0954. The molecular weight excluding hydrogens is 436 g/mol. The first-order valence-electron chi connectivity index (χ1n) is 10.9. The molecule has 3 aromatic heterocycles. The van der Waals surface area contributed by atoms with Gasteiger partial charge in [0.25, 0.3) is 5.91 Å². The average Bonchev–Trinajstić information content (AvgIpc) is 3.27. The molecule has 1 aromatic carbocycles. The Hall–Kier alpha value is -3.56. The number of rotatable bonds is 6. The summed E-state index contributed by atoms with van der Waals surface area (Å²) >= 11 is 1.68. The first-order chi connectivity index (χ1) is 16.2. The largest absolute Gasteiger partial charge is 0.384 e. The Kier molecular flexibility index (Phi) is 6.14. The lowest BCUT2D eigenvalue weighted by Gasteiger charge is -2.28. The molecule has 1 fully saturated rings. The van der Waals surface area contributed by atoms with Crippen LogP contribution >= 0.6 is 11.3 Å². The van der Waals surface area contributed by atoms with Crippen LogP contribution in [0.2, 0.25) is 0 Å². The van der Waals surface area contributed by atoms with Crippen molar-refractivity contribution in [3.63, 3.8) is 0 Å². The Bertz CT molecular complexity index is 1250. The van der Waals surface area contributed by atoms with Gasteiger partial charge >= 0.3 is 0 Å². The Morgan fingerprint density at radius 1 is 1.12 bits per heavy atom. The Labute approximate surface area is 195 Å². The van der Waals surface area contributed by atoms with Gasteiger partial charge in [0.2, 0.25) is 0 Å². The lowest BCUT2D eigenvalue weighted by Crippen LogP contribution is -2.36. The minimum atomic E-state index is -0.0661. The second-order valence-electron chi connectivity index (χ2n) is 7.74. The van der Waals surface area contributed by atoms with E-state index in [-0.39, 0.29) is 5.91 Å². The molecule has 168 valence electrons. The predicted molar refractivity (Wildman–Crippen MR) is 131 cm³/mol. The topological polar surface area (TPSA) is 106 Å². The number of nitrogens with one attached hydrogen (secondary N) is 1. The van der Waals surface area contributed by atoms with E-state index in [4.69, 9.17) is 20.4 Å². The number of carbonyl (C=O) groups is 1. The van der Waals surface area contributed by atoms with Crippen LogP contribution in [0, 0.1) is 0 Å². The van der Waals surface area contributed by atoms with E-state index in [9.17, 15) is 4.79 Å². The molecule has 0 atom stereocenters. The first kappa shape index (κ1) is 21.3. The second-order valence-corrected chi connectivity index (χ2v) is 8.88. The van der Waals surface area contributed by atoms with Crippen LogP contribution < -0.4 is 16.0 Å². The summed E-state index contributed by atoms with van der Waals surface area (Å²) in [5, 5.41) is 3.00. The molecule has 4 heterocycles. The summed E-state index contributed by atoms with van der Waals surface area (Å²) < 4.78 is 6.58. The monoisotopic (exact) mass is 460 g/mol. The number of nitrogens with two attached hydrogens (primary N) is 1. The highest BCUT2D eigenvalue weighted by molar-refractivity contribution is 7.19. The van der Waals surface area contributed by atoms with Gasteiger partial charge in [-0.1, -0.05) is 18.2 Å². The second kappa shape index (κ2) is 9.51. The molecule has 9 heteroatoms. The van der Waals surface area contributed by atoms with Crippen molar-refractivity contribution >= 4 is 39.1 Å². The number of amides is 1. The molecule has 0 aliphatic carbocycles. The normalized spacial score (nSPS) is 13.9. The van der Waals surface area contributed by atoms with Crippen LogP contribution in [0.5, 0.6) is 0 Å². The molecule has 5 rings (SSSR count). The maximum absolute atomic E-state index is 12.3. The van der Waals surface area contributed by atoms with Gasteiger partial charge in [0.05, 0.1) is 23.4 Å². The number of anilines is 2. The zero-order valence-electron chi connectivity index (χ0n) is 18.0. The van der Waals surface area contributed by atoms with Crippen LogP contribution in [-0.4, -0.2) is 53.7 Å². The molecule has 0 spiro atoms. The number of fused-ring (bicyclic) bond motifs is 1. The predicted octanol–water partition coefficient (Wildman–Crippen LogP) is 3.14. The number of hydrogen-bond acceptors (Lipinski definition) is 8.